The minimum absolute atomic E-state index is 0.0983. The molecule has 1 aromatic rings. The number of hydrogen-bond acceptors (Lipinski definition) is 2. The van der Waals surface area contributed by atoms with E-state index in [0.717, 1.165) is 18.9 Å². The molecule has 0 amide bonds. The quantitative estimate of drug-likeness (QED) is 0.751. The second-order valence-corrected chi connectivity index (χ2v) is 7.95. The molecule has 2 nitrogen and oxygen atoms in total. The molecule has 24 heavy (non-hydrogen) atoms. The number of benzene rings is 1. The molecule has 3 fully saturated rings. The van der Waals surface area contributed by atoms with Gasteiger partial charge < -0.3 is 9.47 Å². The third kappa shape index (κ3) is 3.08. The van der Waals surface area contributed by atoms with Crippen molar-refractivity contribution in [1.82, 2.24) is 0 Å². The molecule has 2 aliphatic heterocycles. The Kier molecular flexibility index (Phi) is 4.24. The van der Waals surface area contributed by atoms with E-state index in [4.69, 9.17) is 9.47 Å². The fraction of sp³-hybridized carbons (Fsp3) is 0.684. The molecule has 1 aliphatic carbocycles. The van der Waals surface area contributed by atoms with Crippen molar-refractivity contribution in [3.8, 4) is 0 Å². The van der Waals surface area contributed by atoms with Gasteiger partial charge in [-0.15, -0.1) is 0 Å². The normalized spacial score (nSPS) is 35.2. The molecule has 1 aromatic carbocycles. The van der Waals surface area contributed by atoms with E-state index in [1.165, 1.54) is 12.1 Å². The molecule has 0 radical (unpaired) electrons. The average molecular weight is 342 g/mol. The first-order valence-electron chi connectivity index (χ1n) is 8.51. The number of halogens is 3. The second-order valence-electron chi connectivity index (χ2n) is 7.95. The Hall–Kier alpha value is -1.07. The summed E-state index contributed by atoms with van der Waals surface area (Å²) < 4.78 is 50.9. The van der Waals surface area contributed by atoms with E-state index < -0.39 is 11.7 Å². The molecule has 0 spiro atoms. The lowest BCUT2D eigenvalue weighted by Gasteiger charge is -2.60. The van der Waals surface area contributed by atoms with Crippen LogP contribution in [0.4, 0.5) is 13.2 Å². The van der Waals surface area contributed by atoms with Gasteiger partial charge in [0.15, 0.2) is 0 Å². The molecule has 0 N–H and O–H groups in total. The molecule has 2 heterocycles. The summed E-state index contributed by atoms with van der Waals surface area (Å²) in [4.78, 5) is 0. The molecule has 2 saturated heterocycles. The van der Waals surface area contributed by atoms with E-state index in [-0.39, 0.29) is 23.9 Å². The molecule has 0 aromatic heterocycles. The van der Waals surface area contributed by atoms with Crippen molar-refractivity contribution in [3.05, 3.63) is 35.4 Å². The molecule has 134 valence electrons. The summed E-state index contributed by atoms with van der Waals surface area (Å²) in [6.07, 6.45) is -2.39. The monoisotopic (exact) mass is 342 g/mol. The van der Waals surface area contributed by atoms with Crippen LogP contribution in [0.2, 0.25) is 0 Å². The zero-order chi connectivity index (χ0) is 17.8. The fourth-order valence-electron chi connectivity index (χ4n) is 4.73. The zero-order valence-electron chi connectivity index (χ0n) is 14.6. The van der Waals surface area contributed by atoms with Crippen molar-refractivity contribution < 1.29 is 22.6 Å². The van der Waals surface area contributed by atoms with Gasteiger partial charge in [-0.2, -0.15) is 13.2 Å². The molecule has 4 rings (SSSR count). The highest BCUT2D eigenvalue weighted by Gasteiger charge is 2.58. The van der Waals surface area contributed by atoms with E-state index >= 15 is 0 Å². The molecule has 5 heteroatoms. The van der Waals surface area contributed by atoms with E-state index in [2.05, 4.69) is 27.7 Å². The predicted molar refractivity (Wildman–Crippen MR) is 85.5 cm³/mol. The van der Waals surface area contributed by atoms with Gasteiger partial charge >= 0.3 is 6.18 Å². The molecule has 4 atom stereocenters. The van der Waals surface area contributed by atoms with Gasteiger partial charge in [-0.25, -0.2) is 0 Å². The highest BCUT2D eigenvalue weighted by Crippen LogP contribution is 2.53. The van der Waals surface area contributed by atoms with Gasteiger partial charge in [0, 0.05) is 0 Å². The van der Waals surface area contributed by atoms with Crippen molar-refractivity contribution in [3.63, 3.8) is 0 Å². The van der Waals surface area contributed by atoms with E-state index in [1.807, 2.05) is 0 Å². The van der Waals surface area contributed by atoms with Crippen molar-refractivity contribution in [2.45, 2.75) is 70.6 Å². The number of alkyl halides is 3. The lowest BCUT2D eigenvalue weighted by molar-refractivity contribution is -0.305. The van der Waals surface area contributed by atoms with Gasteiger partial charge in [0.25, 0.3) is 0 Å². The van der Waals surface area contributed by atoms with Crippen molar-refractivity contribution in [1.29, 1.82) is 0 Å². The highest BCUT2D eigenvalue weighted by atomic mass is 19.4. The lowest BCUT2D eigenvalue weighted by Crippen LogP contribution is -2.65. The minimum Gasteiger partial charge on any atom is -0.370 e. The summed E-state index contributed by atoms with van der Waals surface area (Å²) in [5.41, 5.74) is -0.645. The number of fused-ring (bicyclic) bond motifs is 3. The van der Waals surface area contributed by atoms with Gasteiger partial charge in [-0.1, -0.05) is 19.1 Å². The van der Waals surface area contributed by atoms with Crippen LogP contribution < -0.4 is 0 Å². The van der Waals surface area contributed by atoms with E-state index in [0.29, 0.717) is 17.4 Å². The largest absolute Gasteiger partial charge is 0.416 e. The Bertz CT molecular complexity index is 611. The van der Waals surface area contributed by atoms with Crippen molar-refractivity contribution >= 4 is 0 Å². The maximum Gasteiger partial charge on any atom is 0.416 e. The first-order valence-corrected chi connectivity index (χ1v) is 8.51. The van der Waals surface area contributed by atoms with Crippen LogP contribution in [0.1, 0.15) is 51.7 Å². The van der Waals surface area contributed by atoms with Gasteiger partial charge in [0.1, 0.15) is 0 Å². The number of hydrogen-bond donors (Lipinski definition) is 0. The summed E-state index contributed by atoms with van der Waals surface area (Å²) >= 11 is 0. The zero-order valence-corrected chi connectivity index (χ0v) is 14.6. The summed E-state index contributed by atoms with van der Waals surface area (Å²) in [7, 11) is 0. The van der Waals surface area contributed by atoms with Crippen LogP contribution in [0.3, 0.4) is 0 Å². The predicted octanol–water partition coefficient (Wildman–Crippen LogP) is 5.20. The van der Waals surface area contributed by atoms with E-state index in [1.54, 1.807) is 6.07 Å². The Morgan fingerprint density at radius 2 is 1.96 bits per heavy atom. The SMILES string of the molecule is CC1C2CCC(C)(OC2(C)C)C1OCc1cccc(C(F)(F)F)c1. The standard InChI is InChI=1S/C19H25F3O2/c1-12-15-8-9-18(4,24-17(15,2)3)16(12)23-11-13-6-5-7-14(10-13)19(20,21)22/h5-7,10,12,15-16H,8-9,11H2,1-4H3. The number of rotatable bonds is 3. The van der Waals surface area contributed by atoms with Crippen LogP contribution in [0.5, 0.6) is 0 Å². The van der Waals surface area contributed by atoms with Crippen LogP contribution >= 0.6 is 0 Å². The summed E-state index contributed by atoms with van der Waals surface area (Å²) in [6, 6.07) is 5.36. The number of ether oxygens (including phenoxy) is 2. The smallest absolute Gasteiger partial charge is 0.370 e. The Morgan fingerprint density at radius 3 is 2.54 bits per heavy atom. The van der Waals surface area contributed by atoms with Crippen LogP contribution in [0.25, 0.3) is 0 Å². The van der Waals surface area contributed by atoms with Gasteiger partial charge in [0.05, 0.1) is 29.5 Å². The molecule has 4 unspecified atom stereocenters. The summed E-state index contributed by atoms with van der Waals surface area (Å²) in [5, 5.41) is 0. The Balaban J connectivity index is 1.74. The summed E-state index contributed by atoms with van der Waals surface area (Å²) in [5.74, 6) is 0.726. The van der Waals surface area contributed by atoms with Crippen molar-refractivity contribution in [2.24, 2.45) is 11.8 Å². The van der Waals surface area contributed by atoms with E-state index in [9.17, 15) is 13.2 Å². The maximum atomic E-state index is 12.8. The average Bonchev–Trinajstić information content (AvgIpc) is 2.44. The third-order valence-electron chi connectivity index (χ3n) is 5.74. The molecule has 1 saturated carbocycles. The fourth-order valence-corrected chi connectivity index (χ4v) is 4.73. The van der Waals surface area contributed by atoms with Gasteiger partial charge in [0.2, 0.25) is 0 Å². The van der Waals surface area contributed by atoms with Crippen molar-refractivity contribution in [2.75, 3.05) is 0 Å². The van der Waals surface area contributed by atoms with Gasteiger partial charge in [-0.3, -0.25) is 0 Å². The molecular formula is C19H25F3O2. The van der Waals surface area contributed by atoms with Crippen LogP contribution in [-0.4, -0.2) is 17.3 Å². The maximum absolute atomic E-state index is 12.8. The van der Waals surface area contributed by atoms with Crippen LogP contribution in [-0.2, 0) is 22.3 Å². The first-order chi connectivity index (χ1) is 11.0. The molecule has 3 aliphatic rings. The Morgan fingerprint density at radius 1 is 1.25 bits per heavy atom. The van der Waals surface area contributed by atoms with Crippen LogP contribution in [0.15, 0.2) is 24.3 Å². The molecule has 2 bridgehead atoms. The van der Waals surface area contributed by atoms with Gasteiger partial charge in [-0.05, 0) is 63.1 Å². The Labute approximate surface area is 141 Å². The second kappa shape index (κ2) is 5.73. The van der Waals surface area contributed by atoms with Crippen LogP contribution in [0, 0.1) is 11.8 Å². The minimum atomic E-state index is -4.33. The summed E-state index contributed by atoms with van der Waals surface area (Å²) in [6.45, 7) is 8.65. The molecular weight excluding hydrogens is 317 g/mol. The lowest BCUT2D eigenvalue weighted by atomic mass is 9.62. The third-order valence-corrected chi connectivity index (χ3v) is 5.74. The highest BCUT2D eigenvalue weighted by molar-refractivity contribution is 5.25. The first kappa shape index (κ1) is 17.7. The topological polar surface area (TPSA) is 18.5 Å².